The number of nitrogens with one attached hydrogen (secondary N) is 1. The van der Waals surface area contributed by atoms with E-state index in [1.54, 1.807) is 0 Å². The normalized spacial score (nSPS) is 12.5. The minimum atomic E-state index is 0.0985. The number of hydrogen-bond donors (Lipinski definition) is 1. The molecule has 0 saturated heterocycles. The van der Waals surface area contributed by atoms with Crippen LogP contribution in [0.3, 0.4) is 0 Å². The molecule has 0 saturated carbocycles. The van der Waals surface area contributed by atoms with Crippen LogP contribution in [-0.2, 0) is 0 Å². The Kier molecular flexibility index (Phi) is 5.72. The lowest BCUT2D eigenvalue weighted by Crippen LogP contribution is -2.18. The first-order valence-corrected chi connectivity index (χ1v) is 8.64. The minimum absolute atomic E-state index is 0.0985. The Hall–Kier alpha value is 0.380. The number of rotatable bonds is 3. The third-order valence-corrected chi connectivity index (χ3v) is 5.62. The zero-order valence-corrected chi connectivity index (χ0v) is 16.1. The van der Waals surface area contributed by atoms with Crippen molar-refractivity contribution in [3.05, 3.63) is 65.1 Å². The van der Waals surface area contributed by atoms with Gasteiger partial charge in [-0.2, -0.15) is 0 Å². The topological polar surface area (TPSA) is 12.0 Å². The molecule has 1 nitrogen and oxygen atoms in total. The van der Waals surface area contributed by atoms with Gasteiger partial charge >= 0.3 is 0 Å². The van der Waals surface area contributed by atoms with Crippen LogP contribution >= 0.6 is 66.1 Å². The summed E-state index contributed by atoms with van der Waals surface area (Å²) in [6, 6.07) is 12.4. The van der Waals surface area contributed by atoms with Gasteiger partial charge in [-0.1, -0.05) is 49.5 Å². The number of halogens is 4. The summed E-state index contributed by atoms with van der Waals surface area (Å²) in [6.07, 6.45) is 0. The Morgan fingerprint density at radius 3 is 2.53 bits per heavy atom. The third-order valence-electron chi connectivity index (χ3n) is 2.83. The van der Waals surface area contributed by atoms with Gasteiger partial charge in [0, 0.05) is 12.5 Å². The molecule has 0 spiro atoms. The van der Waals surface area contributed by atoms with E-state index in [4.69, 9.17) is 11.6 Å². The molecule has 0 aromatic heterocycles. The Morgan fingerprint density at radius 2 is 1.89 bits per heavy atom. The van der Waals surface area contributed by atoms with E-state index >= 15 is 0 Å². The highest BCUT2D eigenvalue weighted by Gasteiger charge is 2.16. The highest BCUT2D eigenvalue weighted by atomic mass is 127. The molecule has 1 atom stereocenters. The number of hydrogen-bond acceptors (Lipinski definition) is 1. The predicted octanol–water partition coefficient (Wildman–Crippen LogP) is 5.78. The molecule has 2 rings (SSSR count). The van der Waals surface area contributed by atoms with Crippen molar-refractivity contribution in [2.75, 3.05) is 7.05 Å². The lowest BCUT2D eigenvalue weighted by molar-refractivity contribution is 0.688. The zero-order valence-electron chi connectivity index (χ0n) is 10.1. The van der Waals surface area contributed by atoms with Crippen molar-refractivity contribution in [1.29, 1.82) is 0 Å². The molecule has 2 aromatic rings. The molecule has 0 amide bonds. The van der Waals surface area contributed by atoms with E-state index < -0.39 is 0 Å². The summed E-state index contributed by atoms with van der Waals surface area (Å²) >= 11 is 15.6. The van der Waals surface area contributed by atoms with E-state index in [9.17, 15) is 0 Å². The lowest BCUT2D eigenvalue weighted by Gasteiger charge is -2.19. The van der Waals surface area contributed by atoms with Crippen molar-refractivity contribution in [3.8, 4) is 0 Å². The van der Waals surface area contributed by atoms with Gasteiger partial charge in [0.1, 0.15) is 0 Å². The molecule has 0 radical (unpaired) electrons. The Morgan fingerprint density at radius 1 is 1.16 bits per heavy atom. The number of benzene rings is 2. The van der Waals surface area contributed by atoms with Crippen LogP contribution in [0.15, 0.2) is 45.3 Å². The lowest BCUT2D eigenvalue weighted by atomic mass is 9.99. The first kappa shape index (κ1) is 15.8. The Labute approximate surface area is 148 Å². The fourth-order valence-electron chi connectivity index (χ4n) is 1.93. The van der Waals surface area contributed by atoms with E-state index in [0.29, 0.717) is 0 Å². The highest BCUT2D eigenvalue weighted by Crippen LogP contribution is 2.32. The van der Waals surface area contributed by atoms with Crippen LogP contribution in [0.1, 0.15) is 17.2 Å². The second-order valence-electron chi connectivity index (χ2n) is 4.06. The van der Waals surface area contributed by atoms with Crippen LogP contribution in [0, 0.1) is 3.57 Å². The van der Waals surface area contributed by atoms with Gasteiger partial charge in [0.15, 0.2) is 0 Å². The van der Waals surface area contributed by atoms with Gasteiger partial charge in [-0.25, -0.2) is 0 Å². The molecule has 1 unspecified atom stereocenters. The van der Waals surface area contributed by atoms with Crippen LogP contribution in [0.2, 0.25) is 5.02 Å². The smallest absolute Gasteiger partial charge is 0.0586 e. The maximum Gasteiger partial charge on any atom is 0.0586 e. The average molecular weight is 515 g/mol. The molecule has 2 aromatic carbocycles. The van der Waals surface area contributed by atoms with E-state index in [-0.39, 0.29) is 6.04 Å². The van der Waals surface area contributed by atoms with Crippen molar-refractivity contribution in [2.45, 2.75) is 6.04 Å². The molecule has 0 bridgehead atoms. The summed E-state index contributed by atoms with van der Waals surface area (Å²) in [5.74, 6) is 0. The van der Waals surface area contributed by atoms with Gasteiger partial charge in [-0.05, 0) is 71.1 Å². The Bertz CT molecular complexity index is 604. The summed E-state index contributed by atoms with van der Waals surface area (Å²) in [5, 5.41) is 4.12. The van der Waals surface area contributed by atoms with Crippen LogP contribution < -0.4 is 5.32 Å². The van der Waals surface area contributed by atoms with Gasteiger partial charge in [-0.15, -0.1) is 0 Å². The summed E-state index contributed by atoms with van der Waals surface area (Å²) in [4.78, 5) is 0. The van der Waals surface area contributed by atoms with E-state index in [1.165, 1.54) is 5.56 Å². The SMILES string of the molecule is CNC(c1ccc(I)c(Cl)c1)c1cc(Br)ccc1Br. The van der Waals surface area contributed by atoms with Crippen molar-refractivity contribution < 1.29 is 0 Å². The van der Waals surface area contributed by atoms with Crippen LogP contribution in [-0.4, -0.2) is 7.05 Å². The molecule has 5 heteroatoms. The molecule has 0 aliphatic rings. The van der Waals surface area contributed by atoms with Crippen molar-refractivity contribution in [1.82, 2.24) is 5.32 Å². The molecule has 1 N–H and O–H groups in total. The van der Waals surface area contributed by atoms with Gasteiger partial charge in [0.25, 0.3) is 0 Å². The minimum Gasteiger partial charge on any atom is -0.309 e. The maximum absolute atomic E-state index is 6.22. The molecule has 0 fully saturated rings. The van der Waals surface area contributed by atoms with Gasteiger partial charge in [0.05, 0.1) is 11.1 Å². The standard InChI is InChI=1S/C14H11Br2ClIN/c1-19-14(8-2-5-13(18)12(17)6-8)10-7-9(15)3-4-11(10)16/h2-7,14,19H,1H3. The average Bonchev–Trinajstić information content (AvgIpc) is 2.38. The van der Waals surface area contributed by atoms with Crippen molar-refractivity contribution in [3.63, 3.8) is 0 Å². The summed E-state index contributed by atoms with van der Waals surface area (Å²) in [7, 11) is 1.95. The van der Waals surface area contributed by atoms with E-state index in [2.05, 4.69) is 71.9 Å². The first-order chi connectivity index (χ1) is 9.02. The van der Waals surface area contributed by atoms with Crippen LogP contribution in [0.25, 0.3) is 0 Å². The third kappa shape index (κ3) is 3.73. The first-order valence-electron chi connectivity index (χ1n) is 5.60. The Balaban J connectivity index is 2.49. The van der Waals surface area contributed by atoms with Crippen LogP contribution in [0.4, 0.5) is 0 Å². The van der Waals surface area contributed by atoms with E-state index in [1.807, 2.05) is 31.3 Å². The maximum atomic E-state index is 6.22. The van der Waals surface area contributed by atoms with Crippen LogP contribution in [0.5, 0.6) is 0 Å². The molecule has 100 valence electrons. The molecule has 0 aliphatic heterocycles. The fourth-order valence-corrected chi connectivity index (χ4v) is 3.31. The van der Waals surface area contributed by atoms with Crippen molar-refractivity contribution >= 4 is 66.1 Å². The zero-order chi connectivity index (χ0) is 14.0. The largest absolute Gasteiger partial charge is 0.309 e. The van der Waals surface area contributed by atoms with Gasteiger partial charge in [-0.3, -0.25) is 0 Å². The molecule has 0 aliphatic carbocycles. The predicted molar refractivity (Wildman–Crippen MR) is 96.9 cm³/mol. The second kappa shape index (κ2) is 6.89. The summed E-state index contributed by atoms with van der Waals surface area (Å²) in [5.41, 5.74) is 2.32. The van der Waals surface area contributed by atoms with Gasteiger partial charge < -0.3 is 5.32 Å². The molecule has 19 heavy (non-hydrogen) atoms. The summed E-state index contributed by atoms with van der Waals surface area (Å²) < 4.78 is 3.19. The fraction of sp³-hybridized carbons (Fsp3) is 0.143. The second-order valence-corrected chi connectivity index (χ2v) is 7.40. The quantitative estimate of drug-likeness (QED) is 0.512. The molecular weight excluding hydrogens is 504 g/mol. The van der Waals surface area contributed by atoms with Gasteiger partial charge in [0.2, 0.25) is 0 Å². The summed E-state index contributed by atoms with van der Waals surface area (Å²) in [6.45, 7) is 0. The van der Waals surface area contributed by atoms with Crippen molar-refractivity contribution in [2.24, 2.45) is 0 Å². The monoisotopic (exact) mass is 513 g/mol. The molecule has 0 heterocycles. The molecular formula is C14H11Br2ClIN. The highest BCUT2D eigenvalue weighted by molar-refractivity contribution is 14.1. The van der Waals surface area contributed by atoms with E-state index in [0.717, 1.165) is 23.1 Å².